The third kappa shape index (κ3) is 2.11. The number of hydrogen-bond donors (Lipinski definition) is 0. The van der Waals surface area contributed by atoms with Crippen molar-refractivity contribution < 1.29 is 0 Å². The zero-order valence-electron chi connectivity index (χ0n) is 18.8. The molecule has 162 valence electrons. The third-order valence-corrected chi connectivity index (χ3v) is 7.98. The van der Waals surface area contributed by atoms with Gasteiger partial charge in [0.25, 0.3) is 0 Å². The molecule has 0 unspecified atom stereocenters. The molecule has 0 spiro atoms. The van der Waals surface area contributed by atoms with E-state index in [0.29, 0.717) is 0 Å². The largest absolute Gasteiger partial charge is 0.274 e. The van der Waals surface area contributed by atoms with E-state index in [2.05, 4.69) is 65.1 Å². The summed E-state index contributed by atoms with van der Waals surface area (Å²) in [5, 5.41) is 2.20. The SMILES string of the molecule is c1ccc2c(c1)Cc1c-2ccc2c1Cc1c-2ccc2nc3c4ncccc4c4cccnc4n3c12. The van der Waals surface area contributed by atoms with Crippen LogP contribution < -0.4 is 0 Å². The lowest BCUT2D eigenvalue weighted by molar-refractivity contribution is 1.15. The molecule has 9 rings (SSSR count). The summed E-state index contributed by atoms with van der Waals surface area (Å²) in [6.07, 6.45) is 5.66. The Labute approximate surface area is 200 Å². The number of pyridine rings is 3. The molecule has 4 heteroatoms. The predicted octanol–water partition coefficient (Wildman–Crippen LogP) is 6.73. The van der Waals surface area contributed by atoms with E-state index in [1.165, 1.54) is 44.5 Å². The minimum absolute atomic E-state index is 0.879. The molecule has 3 aromatic carbocycles. The van der Waals surface area contributed by atoms with Crippen LogP contribution in [0.4, 0.5) is 0 Å². The van der Waals surface area contributed by atoms with Gasteiger partial charge >= 0.3 is 0 Å². The lowest BCUT2D eigenvalue weighted by atomic mass is 9.96. The van der Waals surface area contributed by atoms with Crippen molar-refractivity contribution in [3.05, 3.63) is 107 Å². The van der Waals surface area contributed by atoms with Crippen LogP contribution in [0.15, 0.2) is 85.2 Å². The Hall–Kier alpha value is -4.57. The minimum atomic E-state index is 0.879. The molecule has 0 amide bonds. The quantitative estimate of drug-likeness (QED) is 0.243. The first-order chi connectivity index (χ1) is 17.4. The van der Waals surface area contributed by atoms with E-state index in [4.69, 9.17) is 15.0 Å². The van der Waals surface area contributed by atoms with Crippen molar-refractivity contribution in [1.29, 1.82) is 0 Å². The second-order valence-corrected chi connectivity index (χ2v) is 9.63. The number of benzene rings is 3. The summed E-state index contributed by atoms with van der Waals surface area (Å²) in [5.74, 6) is 0. The van der Waals surface area contributed by atoms with Crippen LogP contribution in [0.1, 0.15) is 22.3 Å². The summed E-state index contributed by atoms with van der Waals surface area (Å²) in [6.45, 7) is 0. The maximum atomic E-state index is 5.10. The molecule has 2 aliphatic carbocycles. The van der Waals surface area contributed by atoms with E-state index >= 15 is 0 Å². The van der Waals surface area contributed by atoms with Gasteiger partial charge in [0, 0.05) is 29.6 Å². The van der Waals surface area contributed by atoms with Gasteiger partial charge < -0.3 is 0 Å². The first-order valence-corrected chi connectivity index (χ1v) is 12.1. The highest BCUT2D eigenvalue weighted by atomic mass is 15.1. The summed E-state index contributed by atoms with van der Waals surface area (Å²) in [7, 11) is 0. The lowest BCUT2D eigenvalue weighted by Crippen LogP contribution is -1.97. The van der Waals surface area contributed by atoms with Crippen molar-refractivity contribution >= 4 is 38.6 Å². The molecule has 0 fully saturated rings. The van der Waals surface area contributed by atoms with Crippen LogP contribution in [-0.2, 0) is 12.8 Å². The Bertz CT molecular complexity index is 2070. The molecule has 4 heterocycles. The molecule has 0 bridgehead atoms. The highest BCUT2D eigenvalue weighted by molar-refractivity contribution is 6.12. The maximum Gasteiger partial charge on any atom is 0.166 e. The van der Waals surface area contributed by atoms with Crippen LogP contribution in [0.3, 0.4) is 0 Å². The van der Waals surface area contributed by atoms with Crippen molar-refractivity contribution in [3.63, 3.8) is 0 Å². The number of fused-ring (bicyclic) bond motifs is 16. The molecule has 0 saturated carbocycles. The number of rotatable bonds is 0. The van der Waals surface area contributed by atoms with Crippen LogP contribution in [0.5, 0.6) is 0 Å². The van der Waals surface area contributed by atoms with Crippen molar-refractivity contribution in [2.45, 2.75) is 12.8 Å². The Kier molecular flexibility index (Phi) is 3.11. The molecule has 0 saturated heterocycles. The Morgan fingerprint density at radius 2 is 1.31 bits per heavy atom. The Balaban J connectivity index is 1.39. The van der Waals surface area contributed by atoms with Gasteiger partial charge in [-0.25, -0.2) is 9.97 Å². The van der Waals surface area contributed by atoms with Gasteiger partial charge in [-0.15, -0.1) is 0 Å². The number of hydrogen-bond acceptors (Lipinski definition) is 3. The minimum Gasteiger partial charge on any atom is -0.274 e. The van der Waals surface area contributed by atoms with Crippen LogP contribution in [-0.4, -0.2) is 19.4 Å². The van der Waals surface area contributed by atoms with Crippen LogP contribution in [0.25, 0.3) is 60.9 Å². The van der Waals surface area contributed by atoms with Gasteiger partial charge in [-0.1, -0.05) is 48.5 Å². The van der Waals surface area contributed by atoms with E-state index in [0.717, 1.165) is 51.5 Å². The fourth-order valence-electron chi connectivity index (χ4n) is 6.52. The Morgan fingerprint density at radius 1 is 0.571 bits per heavy atom. The molecule has 4 nitrogen and oxygen atoms in total. The summed E-state index contributed by atoms with van der Waals surface area (Å²) in [6, 6.07) is 26.1. The van der Waals surface area contributed by atoms with Crippen LogP contribution in [0, 0.1) is 0 Å². The molecule has 35 heavy (non-hydrogen) atoms. The number of imidazole rings is 1. The van der Waals surface area contributed by atoms with Gasteiger partial charge in [-0.05, 0) is 75.2 Å². The first-order valence-electron chi connectivity index (χ1n) is 12.1. The average Bonchev–Trinajstić information content (AvgIpc) is 3.59. The van der Waals surface area contributed by atoms with E-state index in [9.17, 15) is 0 Å². The molecule has 2 aliphatic rings. The van der Waals surface area contributed by atoms with E-state index in [-0.39, 0.29) is 0 Å². The number of aromatic nitrogens is 4. The fourth-order valence-corrected chi connectivity index (χ4v) is 6.52. The first kappa shape index (κ1) is 17.8. The molecule has 0 N–H and O–H groups in total. The normalized spacial score (nSPS) is 13.5. The summed E-state index contributed by atoms with van der Waals surface area (Å²) < 4.78 is 2.25. The van der Waals surface area contributed by atoms with Gasteiger partial charge in [-0.2, -0.15) is 0 Å². The molecule has 0 atom stereocenters. The van der Waals surface area contributed by atoms with Gasteiger partial charge in [0.15, 0.2) is 5.65 Å². The number of nitrogens with zero attached hydrogens (tertiary/aromatic N) is 4. The second kappa shape index (κ2) is 6.10. The molecule has 0 radical (unpaired) electrons. The van der Waals surface area contributed by atoms with Crippen molar-refractivity contribution in [2.24, 2.45) is 0 Å². The van der Waals surface area contributed by atoms with Gasteiger partial charge in [0.2, 0.25) is 0 Å². The average molecular weight is 447 g/mol. The zero-order chi connectivity index (χ0) is 22.7. The van der Waals surface area contributed by atoms with E-state index in [1.807, 2.05) is 24.5 Å². The van der Waals surface area contributed by atoms with Crippen LogP contribution >= 0.6 is 0 Å². The summed E-state index contributed by atoms with van der Waals surface area (Å²) in [4.78, 5) is 14.7. The van der Waals surface area contributed by atoms with Crippen molar-refractivity contribution in [3.8, 4) is 22.3 Å². The van der Waals surface area contributed by atoms with Gasteiger partial charge in [0.1, 0.15) is 11.2 Å². The van der Waals surface area contributed by atoms with Crippen molar-refractivity contribution in [1.82, 2.24) is 19.4 Å². The lowest BCUT2D eigenvalue weighted by Gasteiger charge is -2.08. The third-order valence-electron chi connectivity index (χ3n) is 7.98. The maximum absolute atomic E-state index is 5.10. The van der Waals surface area contributed by atoms with Gasteiger partial charge in [-0.3, -0.25) is 9.38 Å². The Morgan fingerprint density at radius 3 is 2.26 bits per heavy atom. The highest BCUT2D eigenvalue weighted by Crippen LogP contribution is 2.48. The van der Waals surface area contributed by atoms with E-state index < -0.39 is 0 Å². The van der Waals surface area contributed by atoms with Crippen LogP contribution in [0.2, 0.25) is 0 Å². The topological polar surface area (TPSA) is 43.1 Å². The standard InChI is InChI=1S/C31H18N4/c1-2-6-18-17(5-1)15-24-19(18)9-10-20-21-11-12-27-29(26(21)16-25(20)24)35-30-23(8-4-14-33-30)22-7-3-13-32-28(22)31(35)34-27/h1-14H,15-16H2. The monoisotopic (exact) mass is 446 g/mol. The molecule has 7 aromatic rings. The summed E-state index contributed by atoms with van der Waals surface area (Å²) in [5.41, 5.74) is 16.1. The van der Waals surface area contributed by atoms with Crippen molar-refractivity contribution in [2.75, 3.05) is 0 Å². The predicted molar refractivity (Wildman–Crippen MR) is 140 cm³/mol. The molecule has 4 aromatic heterocycles. The van der Waals surface area contributed by atoms with E-state index in [1.54, 1.807) is 0 Å². The molecule has 0 aliphatic heterocycles. The molecular formula is C31H18N4. The smallest absolute Gasteiger partial charge is 0.166 e. The molecular weight excluding hydrogens is 428 g/mol. The second-order valence-electron chi connectivity index (χ2n) is 9.63. The van der Waals surface area contributed by atoms with Gasteiger partial charge in [0.05, 0.1) is 11.0 Å². The summed E-state index contributed by atoms with van der Waals surface area (Å²) >= 11 is 0. The zero-order valence-corrected chi connectivity index (χ0v) is 18.8. The highest BCUT2D eigenvalue weighted by Gasteiger charge is 2.30. The fraction of sp³-hybridized carbons (Fsp3) is 0.0645.